The number of furan rings is 1. The zero-order chi connectivity index (χ0) is 17.8. The standard InChI is InChI=1S/C19H22N2O4/c1-13-4-5-17(22)16(11-13)19(24)21-8-6-14(7-9-21)18(23)20-12-15-3-2-10-25-15/h2-5,10-11,14,22H,6-9,12H2,1H3,(H,20,23). The van der Waals surface area contributed by atoms with Gasteiger partial charge in [-0.1, -0.05) is 11.6 Å². The van der Waals surface area contributed by atoms with Crippen molar-refractivity contribution in [1.29, 1.82) is 0 Å². The number of rotatable bonds is 4. The van der Waals surface area contributed by atoms with Crippen LogP contribution in [0.3, 0.4) is 0 Å². The van der Waals surface area contributed by atoms with E-state index in [-0.39, 0.29) is 23.5 Å². The normalized spacial score (nSPS) is 15.2. The minimum absolute atomic E-state index is 0.00563. The van der Waals surface area contributed by atoms with Crippen molar-refractivity contribution in [3.05, 3.63) is 53.5 Å². The average molecular weight is 342 g/mol. The summed E-state index contributed by atoms with van der Waals surface area (Å²) in [5.41, 5.74) is 1.24. The maximum Gasteiger partial charge on any atom is 0.257 e. The number of piperidine rings is 1. The maximum atomic E-state index is 12.6. The molecule has 0 saturated carbocycles. The number of carbonyl (C=O) groups excluding carboxylic acids is 2. The van der Waals surface area contributed by atoms with E-state index in [1.165, 1.54) is 6.07 Å². The second-order valence-electron chi connectivity index (χ2n) is 6.38. The van der Waals surface area contributed by atoms with E-state index >= 15 is 0 Å². The molecule has 2 heterocycles. The second kappa shape index (κ2) is 7.42. The number of nitrogens with zero attached hydrogens (tertiary/aromatic N) is 1. The third kappa shape index (κ3) is 4.02. The van der Waals surface area contributed by atoms with E-state index in [0.29, 0.717) is 38.0 Å². The molecule has 1 saturated heterocycles. The van der Waals surface area contributed by atoms with Crippen LogP contribution in [0, 0.1) is 12.8 Å². The topological polar surface area (TPSA) is 82.8 Å². The number of benzene rings is 1. The highest BCUT2D eigenvalue weighted by atomic mass is 16.3. The molecule has 0 aliphatic carbocycles. The van der Waals surface area contributed by atoms with E-state index in [1.54, 1.807) is 29.4 Å². The number of carbonyl (C=O) groups is 2. The SMILES string of the molecule is Cc1ccc(O)c(C(=O)N2CCC(C(=O)NCc3ccco3)CC2)c1. The summed E-state index contributed by atoms with van der Waals surface area (Å²) in [5.74, 6) is 0.410. The van der Waals surface area contributed by atoms with Gasteiger partial charge in [0.1, 0.15) is 11.5 Å². The van der Waals surface area contributed by atoms with E-state index in [0.717, 1.165) is 11.3 Å². The largest absolute Gasteiger partial charge is 0.507 e. The van der Waals surface area contributed by atoms with Gasteiger partial charge in [-0.2, -0.15) is 0 Å². The first-order chi connectivity index (χ1) is 12.0. The number of hydrogen-bond acceptors (Lipinski definition) is 4. The van der Waals surface area contributed by atoms with E-state index in [4.69, 9.17) is 4.42 Å². The minimum atomic E-state index is -0.185. The minimum Gasteiger partial charge on any atom is -0.507 e. The summed E-state index contributed by atoms with van der Waals surface area (Å²) in [4.78, 5) is 26.5. The van der Waals surface area contributed by atoms with Gasteiger partial charge in [0.25, 0.3) is 5.91 Å². The van der Waals surface area contributed by atoms with Crippen LogP contribution in [0.4, 0.5) is 0 Å². The Morgan fingerprint density at radius 2 is 2.04 bits per heavy atom. The van der Waals surface area contributed by atoms with Gasteiger partial charge in [-0.3, -0.25) is 9.59 Å². The Morgan fingerprint density at radius 1 is 1.28 bits per heavy atom. The Bertz CT molecular complexity index is 747. The van der Waals surface area contributed by atoms with Crippen molar-refractivity contribution in [2.24, 2.45) is 5.92 Å². The van der Waals surface area contributed by atoms with Crippen LogP contribution >= 0.6 is 0 Å². The maximum absolute atomic E-state index is 12.6. The zero-order valence-corrected chi connectivity index (χ0v) is 14.2. The second-order valence-corrected chi connectivity index (χ2v) is 6.38. The molecule has 1 aromatic heterocycles. The van der Waals surface area contributed by atoms with Crippen LogP contribution in [0.2, 0.25) is 0 Å². The van der Waals surface area contributed by atoms with Crippen LogP contribution in [0.5, 0.6) is 5.75 Å². The summed E-state index contributed by atoms with van der Waals surface area (Å²) in [5, 5.41) is 12.8. The van der Waals surface area contributed by atoms with E-state index in [9.17, 15) is 14.7 Å². The van der Waals surface area contributed by atoms with Crippen LogP contribution in [-0.4, -0.2) is 34.9 Å². The Morgan fingerprint density at radius 3 is 2.72 bits per heavy atom. The van der Waals surface area contributed by atoms with Crippen LogP contribution in [0.15, 0.2) is 41.0 Å². The van der Waals surface area contributed by atoms with Gasteiger partial charge in [0, 0.05) is 19.0 Å². The van der Waals surface area contributed by atoms with E-state index in [1.807, 2.05) is 13.0 Å². The number of phenolic OH excluding ortho intramolecular Hbond substituents is 1. The summed E-state index contributed by atoms with van der Waals surface area (Å²) in [6, 6.07) is 8.60. The highest BCUT2D eigenvalue weighted by Gasteiger charge is 2.28. The molecule has 25 heavy (non-hydrogen) atoms. The van der Waals surface area contributed by atoms with Crippen molar-refractivity contribution in [3.63, 3.8) is 0 Å². The number of hydrogen-bond donors (Lipinski definition) is 2. The lowest BCUT2D eigenvalue weighted by molar-refractivity contribution is -0.126. The molecule has 6 nitrogen and oxygen atoms in total. The average Bonchev–Trinajstić information content (AvgIpc) is 3.15. The monoisotopic (exact) mass is 342 g/mol. The van der Waals surface area contributed by atoms with Gasteiger partial charge in [-0.25, -0.2) is 0 Å². The fraction of sp³-hybridized carbons (Fsp3) is 0.368. The molecule has 1 aliphatic rings. The molecule has 3 rings (SSSR count). The zero-order valence-electron chi connectivity index (χ0n) is 14.2. The van der Waals surface area contributed by atoms with Crippen molar-refractivity contribution in [1.82, 2.24) is 10.2 Å². The quantitative estimate of drug-likeness (QED) is 0.894. The van der Waals surface area contributed by atoms with Gasteiger partial charge >= 0.3 is 0 Å². The first kappa shape index (κ1) is 17.1. The van der Waals surface area contributed by atoms with Crippen LogP contribution in [0.1, 0.15) is 34.5 Å². The van der Waals surface area contributed by atoms with Gasteiger partial charge in [0.2, 0.25) is 5.91 Å². The molecule has 2 amide bonds. The van der Waals surface area contributed by atoms with Gasteiger partial charge in [-0.15, -0.1) is 0 Å². The Balaban J connectivity index is 1.53. The lowest BCUT2D eigenvalue weighted by Gasteiger charge is -2.31. The molecule has 0 bridgehead atoms. The molecular weight excluding hydrogens is 320 g/mol. The molecule has 1 aromatic carbocycles. The third-order valence-electron chi connectivity index (χ3n) is 4.55. The predicted molar refractivity (Wildman–Crippen MR) is 92.0 cm³/mol. The van der Waals surface area contributed by atoms with Crippen LogP contribution in [-0.2, 0) is 11.3 Å². The van der Waals surface area contributed by atoms with Gasteiger partial charge in [-0.05, 0) is 44.0 Å². The lowest BCUT2D eigenvalue weighted by atomic mass is 9.95. The summed E-state index contributed by atoms with van der Waals surface area (Å²) in [7, 11) is 0. The van der Waals surface area contributed by atoms with E-state index in [2.05, 4.69) is 5.32 Å². The van der Waals surface area contributed by atoms with Crippen molar-refractivity contribution in [2.45, 2.75) is 26.3 Å². The molecule has 132 valence electrons. The fourth-order valence-electron chi connectivity index (χ4n) is 3.07. The van der Waals surface area contributed by atoms with Crippen molar-refractivity contribution in [3.8, 4) is 5.75 Å². The number of amides is 2. The van der Waals surface area contributed by atoms with E-state index < -0.39 is 0 Å². The van der Waals surface area contributed by atoms with Crippen LogP contribution < -0.4 is 5.32 Å². The molecule has 0 unspecified atom stereocenters. The Hall–Kier alpha value is -2.76. The molecule has 0 spiro atoms. The summed E-state index contributed by atoms with van der Waals surface area (Å²) in [6.07, 6.45) is 2.80. The summed E-state index contributed by atoms with van der Waals surface area (Å²) < 4.78 is 5.20. The molecule has 0 radical (unpaired) electrons. The molecule has 2 N–H and O–H groups in total. The molecular formula is C19H22N2O4. The van der Waals surface area contributed by atoms with Gasteiger partial charge in [0.15, 0.2) is 0 Å². The predicted octanol–water partition coefficient (Wildman–Crippen LogP) is 2.46. The first-order valence-corrected chi connectivity index (χ1v) is 8.43. The molecule has 2 aromatic rings. The molecule has 6 heteroatoms. The number of aromatic hydroxyl groups is 1. The first-order valence-electron chi connectivity index (χ1n) is 8.43. The number of likely N-dealkylation sites (tertiary alicyclic amines) is 1. The number of aryl methyl sites for hydroxylation is 1. The Kier molecular flexibility index (Phi) is 5.07. The van der Waals surface area contributed by atoms with Crippen LogP contribution in [0.25, 0.3) is 0 Å². The van der Waals surface area contributed by atoms with Gasteiger partial charge < -0.3 is 19.7 Å². The lowest BCUT2D eigenvalue weighted by Crippen LogP contribution is -2.42. The number of phenols is 1. The van der Waals surface area contributed by atoms with Gasteiger partial charge in [0.05, 0.1) is 18.4 Å². The fourth-order valence-corrected chi connectivity index (χ4v) is 3.07. The molecule has 0 atom stereocenters. The summed E-state index contributed by atoms with van der Waals surface area (Å²) in [6.45, 7) is 3.27. The molecule has 1 aliphatic heterocycles. The van der Waals surface area contributed by atoms with Crippen molar-refractivity contribution in [2.75, 3.05) is 13.1 Å². The highest BCUT2D eigenvalue weighted by Crippen LogP contribution is 2.24. The molecule has 1 fully saturated rings. The highest BCUT2D eigenvalue weighted by molar-refractivity contribution is 5.97. The van der Waals surface area contributed by atoms with Crippen molar-refractivity contribution >= 4 is 11.8 Å². The summed E-state index contributed by atoms with van der Waals surface area (Å²) >= 11 is 0. The van der Waals surface area contributed by atoms with Crippen molar-refractivity contribution < 1.29 is 19.1 Å². The smallest absolute Gasteiger partial charge is 0.257 e. The number of nitrogens with one attached hydrogen (secondary N) is 1. The Labute approximate surface area is 146 Å². The third-order valence-corrected chi connectivity index (χ3v) is 4.55.